The highest BCUT2D eigenvalue weighted by Crippen LogP contribution is 2.02. The average molecular weight is 183 g/mol. The summed E-state index contributed by atoms with van der Waals surface area (Å²) in [5.41, 5.74) is 4.81. The van der Waals surface area contributed by atoms with Crippen molar-refractivity contribution < 1.29 is 9.53 Å². The van der Waals surface area contributed by atoms with Crippen LogP contribution in [0.2, 0.25) is 0 Å². The first-order valence-electron chi connectivity index (χ1n) is 3.67. The number of H-pyrrole nitrogens is 1. The fraction of sp³-hybridized carbons (Fsp3) is 0.286. The lowest BCUT2D eigenvalue weighted by molar-refractivity contribution is 0.0520. The number of hydrogen-bond donors (Lipinski definition) is 2. The number of carbonyl (C=O) groups excluding carboxylic acids is 1. The van der Waals surface area contributed by atoms with Crippen molar-refractivity contribution in [3.8, 4) is 0 Å². The third kappa shape index (κ3) is 2.05. The number of nitrogens with one attached hydrogen (secondary N) is 1. The number of carbonyl (C=O) groups is 1. The third-order valence-electron chi connectivity index (χ3n) is 1.29. The van der Waals surface area contributed by atoms with E-state index in [1.165, 1.54) is 0 Å². The molecular formula is C7H9N3O3. The van der Waals surface area contributed by atoms with Gasteiger partial charge in [0.25, 0.3) is 5.56 Å². The molecule has 6 heteroatoms. The molecule has 0 unspecified atom stereocenters. The van der Waals surface area contributed by atoms with Gasteiger partial charge in [-0.15, -0.1) is 0 Å². The van der Waals surface area contributed by atoms with Gasteiger partial charge in [0.15, 0.2) is 5.69 Å². The molecule has 0 saturated heterocycles. The SMILES string of the molecule is CCOC(=O)c1ncc(=O)[nH]c1N. The second-order valence-electron chi connectivity index (χ2n) is 2.23. The van der Waals surface area contributed by atoms with Crippen LogP contribution in [0.3, 0.4) is 0 Å². The first kappa shape index (κ1) is 9.24. The predicted molar refractivity (Wildman–Crippen MR) is 45.2 cm³/mol. The van der Waals surface area contributed by atoms with Crippen LogP contribution >= 0.6 is 0 Å². The van der Waals surface area contributed by atoms with Crippen molar-refractivity contribution in [1.82, 2.24) is 9.97 Å². The summed E-state index contributed by atoms with van der Waals surface area (Å²) >= 11 is 0. The minimum Gasteiger partial charge on any atom is -0.461 e. The minimum absolute atomic E-state index is 0.0681. The molecule has 0 bridgehead atoms. The van der Waals surface area contributed by atoms with Gasteiger partial charge < -0.3 is 15.5 Å². The van der Waals surface area contributed by atoms with Crippen molar-refractivity contribution in [1.29, 1.82) is 0 Å². The van der Waals surface area contributed by atoms with Crippen molar-refractivity contribution in [2.75, 3.05) is 12.3 Å². The van der Waals surface area contributed by atoms with E-state index in [1.807, 2.05) is 0 Å². The number of aromatic amines is 1. The van der Waals surface area contributed by atoms with E-state index in [2.05, 4.69) is 14.7 Å². The number of aromatic nitrogens is 2. The summed E-state index contributed by atoms with van der Waals surface area (Å²) in [6.07, 6.45) is 0.975. The zero-order valence-electron chi connectivity index (χ0n) is 7.03. The molecule has 0 aromatic carbocycles. The van der Waals surface area contributed by atoms with Crippen molar-refractivity contribution >= 4 is 11.8 Å². The highest BCUT2D eigenvalue weighted by Gasteiger charge is 2.12. The lowest BCUT2D eigenvalue weighted by Gasteiger charge is -2.01. The number of anilines is 1. The van der Waals surface area contributed by atoms with Gasteiger partial charge >= 0.3 is 5.97 Å². The van der Waals surface area contributed by atoms with E-state index < -0.39 is 11.5 Å². The van der Waals surface area contributed by atoms with E-state index in [4.69, 9.17) is 5.73 Å². The van der Waals surface area contributed by atoms with Gasteiger partial charge in [0, 0.05) is 0 Å². The zero-order valence-corrected chi connectivity index (χ0v) is 7.03. The Morgan fingerprint density at radius 1 is 1.77 bits per heavy atom. The number of nitrogens with two attached hydrogens (primary N) is 1. The molecule has 1 rings (SSSR count). The van der Waals surface area contributed by atoms with Crippen molar-refractivity contribution in [2.24, 2.45) is 0 Å². The van der Waals surface area contributed by atoms with Crippen molar-refractivity contribution in [3.63, 3.8) is 0 Å². The second-order valence-corrected chi connectivity index (χ2v) is 2.23. The Morgan fingerprint density at radius 2 is 2.46 bits per heavy atom. The largest absolute Gasteiger partial charge is 0.461 e. The van der Waals surface area contributed by atoms with Gasteiger partial charge in [-0.3, -0.25) is 4.79 Å². The first-order chi connectivity index (χ1) is 6.15. The molecule has 0 radical (unpaired) electrons. The molecule has 0 aliphatic carbocycles. The quantitative estimate of drug-likeness (QED) is 0.604. The Balaban J connectivity index is 3.02. The van der Waals surface area contributed by atoms with E-state index >= 15 is 0 Å². The molecule has 1 aromatic heterocycles. The summed E-state index contributed by atoms with van der Waals surface area (Å²) in [7, 11) is 0. The molecule has 70 valence electrons. The molecular weight excluding hydrogens is 174 g/mol. The van der Waals surface area contributed by atoms with Crippen LogP contribution in [0.15, 0.2) is 11.0 Å². The summed E-state index contributed by atoms with van der Waals surface area (Å²) in [6, 6.07) is 0. The third-order valence-corrected chi connectivity index (χ3v) is 1.29. The molecule has 0 fully saturated rings. The maximum Gasteiger partial charge on any atom is 0.360 e. The van der Waals surface area contributed by atoms with Gasteiger partial charge in [-0.25, -0.2) is 9.78 Å². The van der Waals surface area contributed by atoms with E-state index in [9.17, 15) is 9.59 Å². The van der Waals surface area contributed by atoms with Crippen LogP contribution in [0, 0.1) is 0 Å². The minimum atomic E-state index is -0.642. The molecule has 1 heterocycles. The van der Waals surface area contributed by atoms with E-state index in [0.29, 0.717) is 0 Å². The lowest BCUT2D eigenvalue weighted by atomic mass is 10.4. The number of ether oxygens (including phenoxy) is 1. The molecule has 3 N–H and O–H groups in total. The van der Waals surface area contributed by atoms with Gasteiger partial charge in [-0.05, 0) is 6.92 Å². The number of rotatable bonds is 2. The fourth-order valence-electron chi connectivity index (χ4n) is 0.779. The van der Waals surface area contributed by atoms with E-state index in [1.54, 1.807) is 6.92 Å². The Labute approximate surface area is 73.7 Å². The van der Waals surface area contributed by atoms with Gasteiger partial charge in [-0.2, -0.15) is 0 Å². The number of hydrogen-bond acceptors (Lipinski definition) is 5. The van der Waals surface area contributed by atoms with Gasteiger partial charge in [-0.1, -0.05) is 0 Å². The Morgan fingerprint density at radius 3 is 3.00 bits per heavy atom. The monoisotopic (exact) mass is 183 g/mol. The highest BCUT2D eigenvalue weighted by molar-refractivity contribution is 5.91. The molecule has 0 amide bonds. The number of nitrogen functional groups attached to an aromatic ring is 1. The summed E-state index contributed by atoms with van der Waals surface area (Å²) in [5, 5.41) is 0. The fourth-order valence-corrected chi connectivity index (χ4v) is 0.779. The standard InChI is InChI=1S/C7H9N3O3/c1-2-13-7(12)5-6(8)10-4(11)3-9-5/h3H,2H2,1H3,(H3,8,10,11). The molecule has 13 heavy (non-hydrogen) atoms. The van der Waals surface area contributed by atoms with Crippen molar-refractivity contribution in [2.45, 2.75) is 6.92 Å². The van der Waals surface area contributed by atoms with Gasteiger partial charge in [0.2, 0.25) is 0 Å². The molecule has 1 aromatic rings. The topological polar surface area (TPSA) is 98.1 Å². The average Bonchev–Trinajstić information content (AvgIpc) is 2.04. The van der Waals surface area contributed by atoms with Crippen LogP contribution in [0.4, 0.5) is 5.82 Å². The van der Waals surface area contributed by atoms with Crippen LogP contribution in [0.25, 0.3) is 0 Å². The maximum absolute atomic E-state index is 11.1. The molecule has 6 nitrogen and oxygen atoms in total. The molecule has 0 aliphatic rings. The van der Waals surface area contributed by atoms with Crippen LogP contribution in [-0.4, -0.2) is 22.5 Å². The van der Waals surface area contributed by atoms with Gasteiger partial charge in [0.1, 0.15) is 5.82 Å². The second kappa shape index (κ2) is 3.70. The van der Waals surface area contributed by atoms with E-state index in [0.717, 1.165) is 6.20 Å². The van der Waals surface area contributed by atoms with Crippen LogP contribution in [0.1, 0.15) is 17.4 Å². The number of nitrogens with zero attached hydrogens (tertiary/aromatic N) is 1. The molecule has 0 spiro atoms. The summed E-state index contributed by atoms with van der Waals surface area (Å²) in [4.78, 5) is 27.6. The normalized spacial score (nSPS) is 9.62. The Bertz CT molecular complexity index is 371. The highest BCUT2D eigenvalue weighted by atomic mass is 16.5. The predicted octanol–water partition coefficient (Wildman–Crippen LogP) is -0.471. The molecule has 0 aliphatic heterocycles. The molecule has 0 saturated carbocycles. The van der Waals surface area contributed by atoms with Crippen LogP contribution in [-0.2, 0) is 4.74 Å². The lowest BCUT2D eigenvalue weighted by Crippen LogP contribution is -2.17. The summed E-state index contributed by atoms with van der Waals surface area (Å²) < 4.78 is 4.65. The van der Waals surface area contributed by atoms with Crippen LogP contribution in [0.5, 0.6) is 0 Å². The maximum atomic E-state index is 11.1. The summed E-state index contributed by atoms with van der Waals surface area (Å²) in [6.45, 7) is 1.90. The van der Waals surface area contributed by atoms with E-state index in [-0.39, 0.29) is 18.1 Å². The Kier molecular flexibility index (Phi) is 2.63. The van der Waals surface area contributed by atoms with Crippen LogP contribution < -0.4 is 11.3 Å². The Hall–Kier alpha value is -1.85. The summed E-state index contributed by atoms with van der Waals surface area (Å²) in [5.74, 6) is -0.720. The van der Waals surface area contributed by atoms with Crippen molar-refractivity contribution in [3.05, 3.63) is 22.2 Å². The molecule has 0 atom stereocenters. The number of esters is 1. The smallest absolute Gasteiger partial charge is 0.360 e. The zero-order chi connectivity index (χ0) is 9.84. The van der Waals surface area contributed by atoms with Gasteiger partial charge in [0.05, 0.1) is 12.8 Å². The first-order valence-corrected chi connectivity index (χ1v) is 3.67.